The van der Waals surface area contributed by atoms with E-state index in [-0.39, 0.29) is 12.5 Å². The van der Waals surface area contributed by atoms with Crippen molar-refractivity contribution in [3.05, 3.63) is 64.6 Å². The number of rotatable bonds is 5. The fourth-order valence-electron chi connectivity index (χ4n) is 2.35. The molecular formula is C17H16N2O4. The first-order valence-electron chi connectivity index (χ1n) is 7.15. The van der Waals surface area contributed by atoms with E-state index in [9.17, 15) is 9.59 Å². The molecule has 0 aliphatic heterocycles. The van der Waals surface area contributed by atoms with E-state index in [1.165, 1.54) is 4.57 Å². The summed E-state index contributed by atoms with van der Waals surface area (Å²) in [6.45, 7) is 0.278. The van der Waals surface area contributed by atoms with Crippen LogP contribution in [0.2, 0.25) is 0 Å². The summed E-state index contributed by atoms with van der Waals surface area (Å²) in [5.74, 6) is -0.0713. The van der Waals surface area contributed by atoms with E-state index in [2.05, 4.69) is 5.32 Å². The summed E-state index contributed by atoms with van der Waals surface area (Å²) in [6, 6.07) is 14.4. The van der Waals surface area contributed by atoms with Crippen LogP contribution < -0.4 is 15.8 Å². The minimum absolute atomic E-state index is 0.0835. The zero-order valence-corrected chi connectivity index (χ0v) is 12.6. The van der Waals surface area contributed by atoms with Crippen LogP contribution in [-0.2, 0) is 17.9 Å². The Morgan fingerprint density at radius 1 is 1.22 bits per heavy atom. The van der Waals surface area contributed by atoms with Crippen molar-refractivity contribution in [1.82, 2.24) is 9.88 Å². The van der Waals surface area contributed by atoms with E-state index in [4.69, 9.17) is 9.15 Å². The molecule has 6 heteroatoms. The Bertz CT molecular complexity index is 895. The first-order valence-corrected chi connectivity index (χ1v) is 7.15. The van der Waals surface area contributed by atoms with Gasteiger partial charge < -0.3 is 14.5 Å². The summed E-state index contributed by atoms with van der Waals surface area (Å²) >= 11 is 0. The number of carbonyl (C=O) groups excluding carboxylic acids is 1. The standard InChI is InChI=1S/C17H16N2O4/c1-22-13-6-4-5-12(9-13)10-18-16(20)11-19-14-7-2-3-8-15(14)23-17(19)21/h2-9H,10-11H2,1H3,(H,18,20). The maximum absolute atomic E-state index is 12.1. The van der Waals surface area contributed by atoms with Gasteiger partial charge in [0.25, 0.3) is 0 Å². The minimum Gasteiger partial charge on any atom is -0.497 e. The molecular weight excluding hydrogens is 296 g/mol. The fraction of sp³-hybridized carbons (Fsp3) is 0.176. The molecule has 6 nitrogen and oxygen atoms in total. The summed E-state index contributed by atoms with van der Waals surface area (Å²) in [4.78, 5) is 23.9. The van der Waals surface area contributed by atoms with Gasteiger partial charge in [-0.05, 0) is 29.8 Å². The largest absolute Gasteiger partial charge is 0.497 e. The van der Waals surface area contributed by atoms with Crippen LogP contribution in [0.4, 0.5) is 0 Å². The molecule has 1 aromatic heterocycles. The summed E-state index contributed by atoms with van der Waals surface area (Å²) in [5, 5.41) is 2.78. The predicted molar refractivity (Wildman–Crippen MR) is 85.3 cm³/mol. The van der Waals surface area contributed by atoms with Gasteiger partial charge in [-0.1, -0.05) is 24.3 Å². The molecule has 3 rings (SSSR count). The van der Waals surface area contributed by atoms with Gasteiger partial charge in [0, 0.05) is 6.54 Å². The van der Waals surface area contributed by atoms with Gasteiger partial charge in [0.15, 0.2) is 5.58 Å². The van der Waals surface area contributed by atoms with Crippen molar-refractivity contribution < 1.29 is 13.9 Å². The second-order valence-electron chi connectivity index (χ2n) is 5.05. The summed E-state index contributed by atoms with van der Waals surface area (Å²) < 4.78 is 11.6. The summed E-state index contributed by atoms with van der Waals surface area (Å²) in [7, 11) is 1.59. The van der Waals surface area contributed by atoms with Crippen molar-refractivity contribution in [3.8, 4) is 5.75 Å². The van der Waals surface area contributed by atoms with Gasteiger partial charge in [-0.15, -0.1) is 0 Å². The molecule has 3 aromatic rings. The molecule has 0 fully saturated rings. The smallest absolute Gasteiger partial charge is 0.420 e. The van der Waals surface area contributed by atoms with E-state index in [0.717, 1.165) is 11.3 Å². The lowest BCUT2D eigenvalue weighted by Gasteiger charge is -2.07. The molecule has 0 saturated carbocycles. The zero-order chi connectivity index (χ0) is 16.2. The highest BCUT2D eigenvalue weighted by molar-refractivity contribution is 5.79. The Hall–Kier alpha value is -3.02. The monoisotopic (exact) mass is 312 g/mol. The molecule has 1 N–H and O–H groups in total. The van der Waals surface area contributed by atoms with Gasteiger partial charge in [0.1, 0.15) is 12.3 Å². The normalized spacial score (nSPS) is 10.7. The SMILES string of the molecule is COc1cccc(CNC(=O)Cn2c(=O)oc3ccccc32)c1. The van der Waals surface area contributed by atoms with Crippen LogP contribution in [0.5, 0.6) is 5.75 Å². The molecule has 0 aliphatic rings. The second kappa shape index (κ2) is 6.39. The van der Waals surface area contributed by atoms with Crippen molar-refractivity contribution >= 4 is 17.0 Å². The first-order chi connectivity index (χ1) is 11.2. The highest BCUT2D eigenvalue weighted by Crippen LogP contribution is 2.13. The molecule has 1 amide bonds. The van der Waals surface area contributed by atoms with Gasteiger partial charge in [0.2, 0.25) is 5.91 Å². The average molecular weight is 312 g/mol. The molecule has 0 radical (unpaired) electrons. The maximum atomic E-state index is 12.1. The molecule has 23 heavy (non-hydrogen) atoms. The van der Waals surface area contributed by atoms with Gasteiger partial charge in [-0.25, -0.2) is 4.79 Å². The molecule has 0 saturated heterocycles. The fourth-order valence-corrected chi connectivity index (χ4v) is 2.35. The number of carbonyl (C=O) groups is 1. The number of nitrogens with one attached hydrogen (secondary N) is 1. The van der Waals surface area contributed by atoms with Crippen LogP contribution in [0.3, 0.4) is 0 Å². The lowest BCUT2D eigenvalue weighted by molar-refractivity contribution is -0.121. The Labute approximate surface area is 132 Å². The van der Waals surface area contributed by atoms with Crippen LogP contribution in [0, 0.1) is 0 Å². The van der Waals surface area contributed by atoms with E-state index in [1.807, 2.05) is 24.3 Å². The molecule has 0 aliphatic carbocycles. The Balaban J connectivity index is 1.69. The second-order valence-corrected chi connectivity index (χ2v) is 5.05. The van der Waals surface area contributed by atoms with E-state index >= 15 is 0 Å². The van der Waals surface area contributed by atoms with Crippen LogP contribution in [0.1, 0.15) is 5.56 Å². The molecule has 1 heterocycles. The van der Waals surface area contributed by atoms with Crippen LogP contribution in [0.15, 0.2) is 57.7 Å². The van der Waals surface area contributed by atoms with Gasteiger partial charge in [-0.3, -0.25) is 9.36 Å². The third-order valence-electron chi connectivity index (χ3n) is 3.50. The third kappa shape index (κ3) is 3.26. The molecule has 2 aromatic carbocycles. The van der Waals surface area contributed by atoms with Crippen molar-refractivity contribution in [2.75, 3.05) is 7.11 Å². The molecule has 0 unspecified atom stereocenters. The van der Waals surface area contributed by atoms with E-state index in [1.54, 1.807) is 31.4 Å². The van der Waals surface area contributed by atoms with Crippen molar-refractivity contribution in [1.29, 1.82) is 0 Å². The lowest BCUT2D eigenvalue weighted by atomic mass is 10.2. The average Bonchev–Trinajstić information content (AvgIpc) is 2.89. The van der Waals surface area contributed by atoms with Crippen molar-refractivity contribution in [2.24, 2.45) is 0 Å². The number of hydrogen-bond donors (Lipinski definition) is 1. The topological polar surface area (TPSA) is 73.5 Å². The number of ether oxygens (including phenoxy) is 1. The van der Waals surface area contributed by atoms with Gasteiger partial charge in [0.05, 0.1) is 12.6 Å². The number of oxazole rings is 1. The molecule has 0 bridgehead atoms. The summed E-state index contributed by atoms with van der Waals surface area (Å²) in [6.07, 6.45) is 0. The van der Waals surface area contributed by atoms with E-state index < -0.39 is 5.76 Å². The third-order valence-corrected chi connectivity index (χ3v) is 3.50. The highest BCUT2D eigenvalue weighted by Gasteiger charge is 2.12. The number of aromatic nitrogens is 1. The van der Waals surface area contributed by atoms with Gasteiger partial charge in [-0.2, -0.15) is 0 Å². The number of methoxy groups -OCH3 is 1. The Kier molecular flexibility index (Phi) is 4.14. The highest BCUT2D eigenvalue weighted by atomic mass is 16.5. The summed E-state index contributed by atoms with van der Waals surface area (Å²) in [5.41, 5.74) is 1.99. The number of para-hydroxylation sites is 2. The number of fused-ring (bicyclic) bond motifs is 1. The predicted octanol–water partition coefficient (Wildman–Crippen LogP) is 1.92. The lowest BCUT2D eigenvalue weighted by Crippen LogP contribution is -2.30. The van der Waals surface area contributed by atoms with E-state index in [0.29, 0.717) is 17.6 Å². The molecule has 0 spiro atoms. The number of benzene rings is 2. The van der Waals surface area contributed by atoms with Gasteiger partial charge >= 0.3 is 5.76 Å². The van der Waals surface area contributed by atoms with Crippen molar-refractivity contribution in [2.45, 2.75) is 13.1 Å². The number of nitrogens with zero attached hydrogens (tertiary/aromatic N) is 1. The number of amides is 1. The van der Waals surface area contributed by atoms with Crippen LogP contribution >= 0.6 is 0 Å². The maximum Gasteiger partial charge on any atom is 0.420 e. The minimum atomic E-state index is -0.539. The van der Waals surface area contributed by atoms with Crippen LogP contribution in [-0.4, -0.2) is 17.6 Å². The molecule has 0 atom stereocenters. The molecule has 118 valence electrons. The Morgan fingerprint density at radius 3 is 2.87 bits per heavy atom. The zero-order valence-electron chi connectivity index (χ0n) is 12.6. The Morgan fingerprint density at radius 2 is 2.04 bits per heavy atom. The first kappa shape index (κ1) is 14.9. The number of hydrogen-bond acceptors (Lipinski definition) is 4. The quantitative estimate of drug-likeness (QED) is 0.781. The van der Waals surface area contributed by atoms with Crippen LogP contribution in [0.25, 0.3) is 11.1 Å². The van der Waals surface area contributed by atoms with Crippen molar-refractivity contribution in [3.63, 3.8) is 0 Å².